The number of pyridine rings is 2. The molecule has 2 heterocycles. The Labute approximate surface area is 191 Å². The number of aromatic nitrogens is 2. The highest BCUT2D eigenvalue weighted by atomic mass is 35.5. The molecule has 6 heteroatoms. The van der Waals surface area contributed by atoms with Crippen LogP contribution in [0.1, 0.15) is 50.0 Å². The third kappa shape index (κ3) is 3.38. The van der Waals surface area contributed by atoms with E-state index in [2.05, 4.69) is 21.4 Å². The number of hydrogen-bond donors (Lipinski definition) is 1. The predicted molar refractivity (Wildman–Crippen MR) is 123 cm³/mol. The summed E-state index contributed by atoms with van der Waals surface area (Å²) >= 11 is 5.91. The van der Waals surface area contributed by atoms with Crippen LogP contribution in [-0.2, 0) is 4.79 Å². The molecule has 3 aliphatic rings. The molecule has 4 atom stereocenters. The summed E-state index contributed by atoms with van der Waals surface area (Å²) in [5, 5.41) is 4.53. The highest BCUT2D eigenvalue weighted by Crippen LogP contribution is 2.63. The SMILES string of the molecule is O=C(Nc1ccc(Cl)cn1)C1(C2C[C@H]3CC(c4ccnc5ccc(F)cc45)C[C@H]3C2)CC1. The second-order valence-corrected chi connectivity index (χ2v) is 10.3. The van der Waals surface area contributed by atoms with Crippen molar-refractivity contribution in [3.05, 3.63) is 65.2 Å². The Morgan fingerprint density at radius 2 is 1.81 bits per heavy atom. The molecule has 32 heavy (non-hydrogen) atoms. The van der Waals surface area contributed by atoms with Crippen molar-refractivity contribution in [2.24, 2.45) is 23.2 Å². The number of anilines is 1. The Kier molecular flexibility index (Phi) is 4.72. The van der Waals surface area contributed by atoms with Gasteiger partial charge in [-0.2, -0.15) is 0 Å². The van der Waals surface area contributed by atoms with Crippen LogP contribution in [0.25, 0.3) is 10.9 Å². The highest BCUT2D eigenvalue weighted by Gasteiger charge is 2.59. The van der Waals surface area contributed by atoms with E-state index in [-0.39, 0.29) is 17.1 Å². The Morgan fingerprint density at radius 1 is 1.03 bits per heavy atom. The number of amides is 1. The van der Waals surface area contributed by atoms with Crippen molar-refractivity contribution < 1.29 is 9.18 Å². The minimum Gasteiger partial charge on any atom is -0.310 e. The van der Waals surface area contributed by atoms with Crippen LogP contribution in [0.4, 0.5) is 10.2 Å². The standard InChI is InChI=1S/C26H25ClFN3O/c27-19-1-4-24(30-14-19)31-25(32)26(6-7-26)18-11-15-9-17(10-16(15)12-18)21-5-8-29-23-3-2-20(28)13-22(21)23/h1-5,8,13-18H,6-7,9-12H2,(H,30,31,32)/t15-,16+,17?,18?. The van der Waals surface area contributed by atoms with Crippen LogP contribution in [0.5, 0.6) is 0 Å². The summed E-state index contributed by atoms with van der Waals surface area (Å²) in [6, 6.07) is 10.4. The van der Waals surface area contributed by atoms with E-state index in [1.54, 1.807) is 30.5 Å². The summed E-state index contributed by atoms with van der Waals surface area (Å²) in [5.74, 6) is 2.64. The summed E-state index contributed by atoms with van der Waals surface area (Å²) in [6.07, 6.45) is 9.80. The van der Waals surface area contributed by atoms with Crippen molar-refractivity contribution >= 4 is 34.2 Å². The molecule has 0 saturated heterocycles. The van der Waals surface area contributed by atoms with Gasteiger partial charge in [-0.05, 0) is 104 Å². The molecule has 3 saturated carbocycles. The monoisotopic (exact) mass is 449 g/mol. The molecule has 1 aromatic carbocycles. The number of halogens is 2. The van der Waals surface area contributed by atoms with E-state index in [4.69, 9.17) is 11.6 Å². The van der Waals surface area contributed by atoms with Crippen LogP contribution in [-0.4, -0.2) is 15.9 Å². The van der Waals surface area contributed by atoms with Gasteiger partial charge in [0.05, 0.1) is 16.0 Å². The van der Waals surface area contributed by atoms with E-state index in [0.29, 0.717) is 34.5 Å². The number of benzene rings is 1. The van der Waals surface area contributed by atoms with Crippen LogP contribution in [0.15, 0.2) is 48.8 Å². The first-order valence-electron chi connectivity index (χ1n) is 11.5. The zero-order chi connectivity index (χ0) is 21.9. The normalized spacial score (nSPS) is 27.9. The quantitative estimate of drug-likeness (QED) is 0.504. The summed E-state index contributed by atoms with van der Waals surface area (Å²) in [6.45, 7) is 0. The fourth-order valence-electron chi connectivity index (χ4n) is 6.46. The minimum atomic E-state index is -0.229. The number of nitrogens with one attached hydrogen (secondary N) is 1. The predicted octanol–water partition coefficient (Wildman–Crippen LogP) is 6.36. The van der Waals surface area contributed by atoms with E-state index < -0.39 is 0 Å². The van der Waals surface area contributed by atoms with Gasteiger partial charge in [-0.15, -0.1) is 0 Å². The Bertz CT molecular complexity index is 1180. The molecule has 1 N–H and O–H groups in total. The zero-order valence-electron chi connectivity index (χ0n) is 17.7. The smallest absolute Gasteiger partial charge is 0.232 e. The molecule has 2 aromatic heterocycles. The summed E-state index contributed by atoms with van der Waals surface area (Å²) in [7, 11) is 0. The van der Waals surface area contributed by atoms with Gasteiger partial charge in [0.1, 0.15) is 11.6 Å². The van der Waals surface area contributed by atoms with Crippen LogP contribution in [0, 0.1) is 29.0 Å². The summed E-state index contributed by atoms with van der Waals surface area (Å²) in [5.41, 5.74) is 1.87. The van der Waals surface area contributed by atoms with Crippen molar-refractivity contribution in [1.29, 1.82) is 0 Å². The van der Waals surface area contributed by atoms with E-state index in [9.17, 15) is 9.18 Å². The van der Waals surface area contributed by atoms with Gasteiger partial charge >= 0.3 is 0 Å². The number of carbonyl (C=O) groups excluding carboxylic acids is 1. The fourth-order valence-corrected chi connectivity index (χ4v) is 6.58. The highest BCUT2D eigenvalue weighted by molar-refractivity contribution is 6.30. The molecular formula is C26H25ClFN3O. The molecule has 3 fully saturated rings. The molecule has 6 rings (SSSR count). The van der Waals surface area contributed by atoms with Gasteiger partial charge in [0, 0.05) is 17.8 Å². The van der Waals surface area contributed by atoms with E-state index in [1.807, 2.05) is 6.20 Å². The van der Waals surface area contributed by atoms with Crippen molar-refractivity contribution in [2.75, 3.05) is 5.32 Å². The van der Waals surface area contributed by atoms with Gasteiger partial charge in [0.2, 0.25) is 5.91 Å². The molecule has 2 unspecified atom stereocenters. The molecule has 0 radical (unpaired) electrons. The number of hydrogen-bond acceptors (Lipinski definition) is 3. The molecule has 3 aromatic rings. The largest absolute Gasteiger partial charge is 0.310 e. The fraction of sp³-hybridized carbons (Fsp3) is 0.423. The molecule has 164 valence electrons. The Morgan fingerprint density at radius 3 is 2.50 bits per heavy atom. The average molecular weight is 450 g/mol. The van der Waals surface area contributed by atoms with Crippen molar-refractivity contribution in [2.45, 2.75) is 44.4 Å². The number of fused-ring (bicyclic) bond motifs is 2. The van der Waals surface area contributed by atoms with Crippen molar-refractivity contribution in [3.63, 3.8) is 0 Å². The van der Waals surface area contributed by atoms with E-state index in [0.717, 1.165) is 49.4 Å². The minimum absolute atomic E-state index is 0.115. The van der Waals surface area contributed by atoms with Crippen LogP contribution >= 0.6 is 11.6 Å². The first kappa shape index (κ1) is 20.1. The lowest BCUT2D eigenvalue weighted by Crippen LogP contribution is -2.30. The Balaban J connectivity index is 1.16. The zero-order valence-corrected chi connectivity index (χ0v) is 18.5. The van der Waals surface area contributed by atoms with Gasteiger partial charge in [0.25, 0.3) is 0 Å². The van der Waals surface area contributed by atoms with Gasteiger partial charge < -0.3 is 5.32 Å². The number of carbonyl (C=O) groups is 1. The van der Waals surface area contributed by atoms with Gasteiger partial charge in [-0.25, -0.2) is 9.37 Å². The maximum Gasteiger partial charge on any atom is 0.232 e. The van der Waals surface area contributed by atoms with Gasteiger partial charge in [-0.3, -0.25) is 9.78 Å². The molecular weight excluding hydrogens is 425 g/mol. The molecule has 0 spiro atoms. The second kappa shape index (κ2) is 7.51. The molecule has 4 nitrogen and oxygen atoms in total. The molecule has 0 bridgehead atoms. The van der Waals surface area contributed by atoms with Gasteiger partial charge in [0.15, 0.2) is 0 Å². The maximum absolute atomic E-state index is 13.9. The second-order valence-electron chi connectivity index (χ2n) is 9.89. The average Bonchev–Trinajstić information content (AvgIpc) is 3.36. The third-order valence-corrected chi connectivity index (χ3v) is 8.41. The summed E-state index contributed by atoms with van der Waals surface area (Å²) < 4.78 is 13.9. The molecule has 1 amide bonds. The van der Waals surface area contributed by atoms with Crippen LogP contribution in [0.2, 0.25) is 5.02 Å². The van der Waals surface area contributed by atoms with Crippen LogP contribution < -0.4 is 5.32 Å². The first-order valence-corrected chi connectivity index (χ1v) is 11.9. The molecule has 0 aliphatic heterocycles. The van der Waals surface area contributed by atoms with Crippen molar-refractivity contribution in [3.8, 4) is 0 Å². The Hall–Kier alpha value is -2.53. The van der Waals surface area contributed by atoms with E-state index in [1.165, 1.54) is 11.6 Å². The van der Waals surface area contributed by atoms with Crippen LogP contribution in [0.3, 0.4) is 0 Å². The first-order chi connectivity index (χ1) is 15.5. The lowest BCUT2D eigenvalue weighted by atomic mass is 9.83. The molecule has 3 aliphatic carbocycles. The topological polar surface area (TPSA) is 54.9 Å². The maximum atomic E-state index is 13.9. The van der Waals surface area contributed by atoms with E-state index >= 15 is 0 Å². The van der Waals surface area contributed by atoms with Crippen molar-refractivity contribution in [1.82, 2.24) is 9.97 Å². The lowest BCUT2D eigenvalue weighted by molar-refractivity contribution is -0.123. The number of nitrogens with zero attached hydrogens (tertiary/aromatic N) is 2. The summed E-state index contributed by atoms with van der Waals surface area (Å²) in [4.78, 5) is 21.8. The van der Waals surface area contributed by atoms with Gasteiger partial charge in [-0.1, -0.05) is 11.6 Å². The third-order valence-electron chi connectivity index (χ3n) is 8.18. The number of rotatable bonds is 4. The lowest BCUT2D eigenvalue weighted by Gasteiger charge is -2.24.